The Hall–Kier alpha value is -0.240. The third-order valence-electron chi connectivity index (χ3n) is 4.14. The van der Waals surface area contributed by atoms with Crippen LogP contribution in [0.15, 0.2) is 0 Å². The summed E-state index contributed by atoms with van der Waals surface area (Å²) in [6.07, 6.45) is 1.29. The van der Waals surface area contributed by atoms with E-state index in [-0.39, 0.29) is 17.1 Å². The van der Waals surface area contributed by atoms with Gasteiger partial charge in [-0.05, 0) is 34.6 Å². The second-order valence-electron chi connectivity index (χ2n) is 8.11. The average molecular weight is 346 g/mol. The molecule has 0 amide bonds. The van der Waals surface area contributed by atoms with Gasteiger partial charge in [0.25, 0.3) is 11.9 Å². The zero-order chi connectivity index (χ0) is 18.1. The van der Waals surface area contributed by atoms with Crippen LogP contribution in [0.25, 0.3) is 0 Å². The maximum absolute atomic E-state index is 6.02. The van der Waals surface area contributed by atoms with Crippen molar-refractivity contribution in [3.05, 3.63) is 0 Å². The zero-order valence-electron chi connectivity index (χ0n) is 16.3. The highest BCUT2D eigenvalue weighted by atomic mass is 16.9. The van der Waals surface area contributed by atoms with Gasteiger partial charge in [-0.3, -0.25) is 0 Å². The molecule has 2 aliphatic heterocycles. The van der Waals surface area contributed by atoms with Crippen molar-refractivity contribution in [1.29, 1.82) is 0 Å². The summed E-state index contributed by atoms with van der Waals surface area (Å²) in [6, 6.07) is 0. The van der Waals surface area contributed by atoms with Crippen molar-refractivity contribution in [2.45, 2.75) is 85.0 Å². The van der Waals surface area contributed by atoms with Crippen LogP contribution in [0.5, 0.6) is 0 Å². The van der Waals surface area contributed by atoms with E-state index in [0.717, 1.165) is 0 Å². The summed E-state index contributed by atoms with van der Waals surface area (Å²) in [4.78, 5) is 0. The Balaban J connectivity index is 1.97. The molecule has 0 saturated carbocycles. The van der Waals surface area contributed by atoms with Gasteiger partial charge in [-0.2, -0.15) is 0 Å². The molecular weight excluding hydrogens is 312 g/mol. The zero-order valence-corrected chi connectivity index (χ0v) is 16.3. The Morgan fingerprint density at radius 2 is 1.25 bits per heavy atom. The van der Waals surface area contributed by atoms with Crippen molar-refractivity contribution in [3.8, 4) is 0 Å². The lowest BCUT2D eigenvalue weighted by atomic mass is 9.90. The lowest BCUT2D eigenvalue weighted by molar-refractivity contribution is -0.476. The highest BCUT2D eigenvalue weighted by Gasteiger charge is 2.52. The summed E-state index contributed by atoms with van der Waals surface area (Å²) >= 11 is 0. The summed E-state index contributed by atoms with van der Waals surface area (Å²) in [6.45, 7) is 15.8. The molecule has 0 bridgehead atoms. The number of ether oxygens (including phenoxy) is 6. The van der Waals surface area contributed by atoms with Crippen molar-refractivity contribution in [3.63, 3.8) is 0 Å². The molecule has 1 spiro atoms. The monoisotopic (exact) mass is 346 g/mol. The van der Waals surface area contributed by atoms with Gasteiger partial charge < -0.3 is 28.4 Å². The summed E-state index contributed by atoms with van der Waals surface area (Å²) in [5.74, 6) is -1.95. The number of hydrogen-bond acceptors (Lipinski definition) is 6. The molecule has 0 aliphatic carbocycles. The SMILES string of the molecule is CCC1(OC(C)C)OCC2(CO1)COC(CC)(OC(C)(C)C)OC2. The van der Waals surface area contributed by atoms with E-state index in [9.17, 15) is 0 Å². The van der Waals surface area contributed by atoms with E-state index in [1.54, 1.807) is 0 Å². The van der Waals surface area contributed by atoms with E-state index in [1.165, 1.54) is 0 Å². The highest BCUT2D eigenvalue weighted by Crippen LogP contribution is 2.40. The van der Waals surface area contributed by atoms with Gasteiger partial charge in [-0.1, -0.05) is 13.8 Å². The fourth-order valence-electron chi connectivity index (χ4n) is 2.90. The molecule has 2 heterocycles. The van der Waals surface area contributed by atoms with Crippen LogP contribution in [0, 0.1) is 5.41 Å². The molecule has 142 valence electrons. The molecular formula is C18H34O6. The molecule has 0 N–H and O–H groups in total. The van der Waals surface area contributed by atoms with Crippen LogP contribution < -0.4 is 0 Å². The van der Waals surface area contributed by atoms with Crippen LogP contribution >= 0.6 is 0 Å². The van der Waals surface area contributed by atoms with Crippen LogP contribution in [-0.2, 0) is 28.4 Å². The first kappa shape index (κ1) is 20.1. The van der Waals surface area contributed by atoms with Gasteiger partial charge in [-0.25, -0.2) is 0 Å². The fourth-order valence-corrected chi connectivity index (χ4v) is 2.90. The third-order valence-corrected chi connectivity index (χ3v) is 4.14. The van der Waals surface area contributed by atoms with E-state index in [1.807, 2.05) is 48.5 Å². The fraction of sp³-hybridized carbons (Fsp3) is 1.00. The first-order valence-corrected chi connectivity index (χ1v) is 9.01. The summed E-state index contributed by atoms with van der Waals surface area (Å²) in [7, 11) is 0. The molecule has 0 atom stereocenters. The summed E-state index contributed by atoms with van der Waals surface area (Å²) in [5.41, 5.74) is -0.665. The first-order chi connectivity index (χ1) is 11.1. The Morgan fingerprint density at radius 3 is 1.58 bits per heavy atom. The molecule has 0 aromatic carbocycles. The Morgan fingerprint density at radius 1 is 0.833 bits per heavy atom. The molecule has 0 aromatic rings. The molecule has 2 aliphatic rings. The molecule has 2 fully saturated rings. The molecule has 24 heavy (non-hydrogen) atoms. The van der Waals surface area contributed by atoms with Gasteiger partial charge in [0, 0.05) is 12.8 Å². The molecule has 0 radical (unpaired) electrons. The predicted octanol–water partition coefficient (Wildman–Crippen LogP) is 3.43. The van der Waals surface area contributed by atoms with Crippen LogP contribution in [0.3, 0.4) is 0 Å². The molecule has 2 rings (SSSR count). The van der Waals surface area contributed by atoms with Crippen molar-refractivity contribution >= 4 is 0 Å². The summed E-state index contributed by atoms with van der Waals surface area (Å²) < 4.78 is 35.8. The van der Waals surface area contributed by atoms with Crippen LogP contribution in [-0.4, -0.2) is 50.1 Å². The summed E-state index contributed by atoms with van der Waals surface area (Å²) in [5, 5.41) is 0. The van der Waals surface area contributed by atoms with Crippen LogP contribution in [0.4, 0.5) is 0 Å². The molecule has 0 aromatic heterocycles. The smallest absolute Gasteiger partial charge is 0.283 e. The van der Waals surface area contributed by atoms with Crippen molar-refractivity contribution in [2.24, 2.45) is 5.41 Å². The topological polar surface area (TPSA) is 55.4 Å². The van der Waals surface area contributed by atoms with E-state index in [4.69, 9.17) is 28.4 Å². The van der Waals surface area contributed by atoms with E-state index in [0.29, 0.717) is 39.3 Å². The molecule has 6 heteroatoms. The van der Waals surface area contributed by atoms with Gasteiger partial charge >= 0.3 is 0 Å². The highest BCUT2D eigenvalue weighted by molar-refractivity contribution is 4.87. The van der Waals surface area contributed by atoms with E-state index in [2.05, 4.69) is 0 Å². The van der Waals surface area contributed by atoms with Crippen molar-refractivity contribution < 1.29 is 28.4 Å². The average Bonchev–Trinajstić information content (AvgIpc) is 2.51. The van der Waals surface area contributed by atoms with Gasteiger partial charge in [0.1, 0.15) is 0 Å². The minimum absolute atomic E-state index is 0.0331. The third kappa shape index (κ3) is 4.68. The van der Waals surface area contributed by atoms with Crippen LogP contribution in [0.2, 0.25) is 0 Å². The minimum atomic E-state index is -0.989. The maximum Gasteiger partial charge on any atom is 0.283 e. The van der Waals surface area contributed by atoms with E-state index >= 15 is 0 Å². The molecule has 0 unspecified atom stereocenters. The standard InChI is InChI=1S/C18H34O6/c1-8-17(23-14(3)4)19-10-16(11-20-17)12-21-18(9-2,22-13-16)24-15(5,6)7/h14H,8-13H2,1-7H3. The number of hydrogen-bond donors (Lipinski definition) is 0. The minimum Gasteiger partial charge on any atom is -0.327 e. The maximum atomic E-state index is 6.02. The Bertz CT molecular complexity index is 396. The normalized spacial score (nSPS) is 38.0. The quantitative estimate of drug-likeness (QED) is 0.760. The lowest BCUT2D eigenvalue weighted by Crippen LogP contribution is -2.61. The van der Waals surface area contributed by atoms with Crippen LogP contribution in [0.1, 0.15) is 61.3 Å². The second-order valence-corrected chi connectivity index (χ2v) is 8.11. The first-order valence-electron chi connectivity index (χ1n) is 9.01. The second kappa shape index (κ2) is 7.17. The predicted molar refractivity (Wildman–Crippen MR) is 89.3 cm³/mol. The lowest BCUT2D eigenvalue weighted by Gasteiger charge is -2.51. The Labute approximate surface area is 146 Å². The van der Waals surface area contributed by atoms with Crippen molar-refractivity contribution in [1.82, 2.24) is 0 Å². The molecule has 2 saturated heterocycles. The van der Waals surface area contributed by atoms with Gasteiger partial charge in [0.15, 0.2) is 0 Å². The van der Waals surface area contributed by atoms with Crippen molar-refractivity contribution in [2.75, 3.05) is 26.4 Å². The molecule has 6 nitrogen and oxygen atoms in total. The van der Waals surface area contributed by atoms with Gasteiger partial charge in [0.2, 0.25) is 0 Å². The van der Waals surface area contributed by atoms with Gasteiger partial charge in [0.05, 0.1) is 43.5 Å². The van der Waals surface area contributed by atoms with Gasteiger partial charge in [-0.15, -0.1) is 0 Å². The largest absolute Gasteiger partial charge is 0.327 e. The Kier molecular flexibility index (Phi) is 6.00. The number of rotatable bonds is 5. The van der Waals surface area contributed by atoms with E-state index < -0.39 is 11.9 Å².